The molecule has 1 aromatic heterocycles. The summed E-state index contributed by atoms with van der Waals surface area (Å²) >= 11 is 3.82. The molecule has 11 nitrogen and oxygen atoms in total. The number of hydrogen-bond acceptors (Lipinski definition) is 9. The summed E-state index contributed by atoms with van der Waals surface area (Å²) in [6, 6.07) is 3.89. The van der Waals surface area contributed by atoms with Crippen LogP contribution in [-0.4, -0.2) is 48.5 Å². The van der Waals surface area contributed by atoms with Gasteiger partial charge in [-0.15, -0.1) is 0 Å². The van der Waals surface area contributed by atoms with Crippen LogP contribution in [0.5, 0.6) is 0 Å². The van der Waals surface area contributed by atoms with Gasteiger partial charge in [-0.3, -0.25) is 15.5 Å². The van der Waals surface area contributed by atoms with Crippen LogP contribution in [-0.2, 0) is 15.0 Å². The van der Waals surface area contributed by atoms with Crippen molar-refractivity contribution in [2.45, 2.75) is 5.03 Å². The molecular weight excluding hydrogens is 471 g/mol. The van der Waals surface area contributed by atoms with Gasteiger partial charge < -0.3 is 0 Å². The van der Waals surface area contributed by atoms with Crippen LogP contribution < -0.4 is 14.9 Å². The smallest absolute Gasteiger partial charge is 0.290 e. The lowest BCUT2D eigenvalue weighted by Gasteiger charge is -2.05. The summed E-state index contributed by atoms with van der Waals surface area (Å²) in [6.07, 6.45) is 0. The van der Waals surface area contributed by atoms with Crippen molar-refractivity contribution in [2.24, 2.45) is 4.99 Å². The Kier molecular flexibility index (Phi) is 7.25. The fraction of sp³-hybridized carbons (Fsp3) is 0.167. The highest BCUT2D eigenvalue weighted by molar-refractivity contribution is 9.10. The number of nitrogens with one attached hydrogen (secondary N) is 3. The lowest BCUT2D eigenvalue weighted by atomic mass is 10.3. The molecule has 0 aliphatic carbocycles. The molecule has 1 amide bonds. The van der Waals surface area contributed by atoms with Crippen LogP contribution in [0.15, 0.2) is 37.3 Å². The zero-order valence-electron chi connectivity index (χ0n) is 13.4. The molecule has 0 radical (unpaired) electrons. The molecular formula is C12H12BrFN6O5S2. The van der Waals surface area contributed by atoms with Gasteiger partial charge >= 0.3 is 10.2 Å². The lowest BCUT2D eigenvalue weighted by Crippen LogP contribution is -2.39. The van der Waals surface area contributed by atoms with Crippen LogP contribution in [0.3, 0.4) is 0 Å². The lowest BCUT2D eigenvalue weighted by molar-refractivity contribution is -0.116. The monoisotopic (exact) mass is 482 g/mol. The van der Waals surface area contributed by atoms with Gasteiger partial charge in [-0.05, 0) is 44.4 Å². The van der Waals surface area contributed by atoms with Crippen molar-refractivity contribution in [1.29, 1.82) is 0 Å². The first-order valence-electron chi connectivity index (χ1n) is 6.89. The molecule has 146 valence electrons. The summed E-state index contributed by atoms with van der Waals surface area (Å²) in [7, 11) is -2.78. The van der Waals surface area contributed by atoms with Gasteiger partial charge in [-0.1, -0.05) is 11.8 Å². The van der Waals surface area contributed by atoms with Gasteiger partial charge in [0.2, 0.25) is 5.91 Å². The molecule has 0 fully saturated rings. The molecule has 0 bridgehead atoms. The zero-order valence-corrected chi connectivity index (χ0v) is 16.7. The fourth-order valence-corrected chi connectivity index (χ4v) is 3.23. The van der Waals surface area contributed by atoms with E-state index in [4.69, 9.17) is 0 Å². The number of carbonyl (C=O) groups is 1. The highest BCUT2D eigenvalue weighted by atomic mass is 79.9. The zero-order chi connectivity index (χ0) is 20.0. The average Bonchev–Trinajstić information content (AvgIpc) is 3.09. The molecule has 1 heterocycles. The third-order valence-corrected chi connectivity index (χ3v) is 5.38. The molecule has 2 rings (SSSR count). The summed E-state index contributed by atoms with van der Waals surface area (Å²) in [5.74, 6) is -1.82. The van der Waals surface area contributed by atoms with E-state index >= 15 is 0 Å². The molecule has 1 aromatic carbocycles. The Morgan fingerprint density at radius 2 is 2.19 bits per heavy atom. The topological polar surface area (TPSA) is 159 Å². The summed E-state index contributed by atoms with van der Waals surface area (Å²) in [6.45, 7) is 0. The van der Waals surface area contributed by atoms with Crippen molar-refractivity contribution in [2.75, 3.05) is 12.8 Å². The molecule has 0 aliphatic rings. The number of nitrogens with zero attached hydrogens (tertiary/aromatic N) is 3. The molecule has 27 heavy (non-hydrogen) atoms. The van der Waals surface area contributed by atoms with Gasteiger partial charge in [0.25, 0.3) is 0 Å². The first-order chi connectivity index (χ1) is 12.8. The van der Waals surface area contributed by atoms with Crippen LogP contribution in [0.4, 0.5) is 10.1 Å². The van der Waals surface area contributed by atoms with Crippen molar-refractivity contribution in [1.82, 2.24) is 25.2 Å². The second-order valence-electron chi connectivity index (χ2n) is 4.61. The standard InChI is InChI=1S/C12H12BrFN6O5S2/c1-15-27(23,24)20-9(21)5-26-12-10(18-25-19-12)11(17-22)16-6-2-3-8(14)7(13)4-6/h2-4,15,22H,5H2,1H3,(H,16,17)(H,20,21). The first-order valence-corrected chi connectivity index (χ1v) is 10.2. The number of carbonyl (C=O) groups excluding carboxylic acids is 1. The minimum absolute atomic E-state index is 0.0350. The van der Waals surface area contributed by atoms with Crippen LogP contribution in [0.25, 0.3) is 0 Å². The third-order valence-electron chi connectivity index (χ3n) is 2.79. The van der Waals surface area contributed by atoms with E-state index in [9.17, 15) is 22.8 Å². The van der Waals surface area contributed by atoms with Crippen molar-refractivity contribution < 1.29 is 27.4 Å². The minimum Gasteiger partial charge on any atom is -0.290 e. The summed E-state index contributed by atoms with van der Waals surface area (Å²) in [4.78, 5) is 15.7. The minimum atomic E-state index is -3.92. The van der Waals surface area contributed by atoms with E-state index in [2.05, 4.69) is 35.9 Å². The van der Waals surface area contributed by atoms with Crippen LogP contribution >= 0.6 is 27.7 Å². The Labute approximate surface area is 165 Å². The molecule has 2 aromatic rings. The fourth-order valence-electron chi connectivity index (χ4n) is 1.60. The molecule has 0 aliphatic heterocycles. The van der Waals surface area contributed by atoms with E-state index in [0.717, 1.165) is 18.8 Å². The van der Waals surface area contributed by atoms with E-state index in [1.807, 2.05) is 10.2 Å². The van der Waals surface area contributed by atoms with Crippen molar-refractivity contribution >= 4 is 55.3 Å². The van der Waals surface area contributed by atoms with Crippen molar-refractivity contribution in [3.8, 4) is 0 Å². The predicted molar refractivity (Wildman–Crippen MR) is 96.4 cm³/mol. The highest BCUT2D eigenvalue weighted by Gasteiger charge is 2.20. The van der Waals surface area contributed by atoms with E-state index < -0.39 is 21.9 Å². The molecule has 0 spiro atoms. The largest absolute Gasteiger partial charge is 0.301 e. The van der Waals surface area contributed by atoms with Crippen LogP contribution in [0.1, 0.15) is 5.69 Å². The Morgan fingerprint density at radius 3 is 2.81 bits per heavy atom. The van der Waals surface area contributed by atoms with Crippen LogP contribution in [0.2, 0.25) is 0 Å². The Bertz CT molecular complexity index is 967. The number of hydroxylamine groups is 1. The summed E-state index contributed by atoms with van der Waals surface area (Å²) < 4.78 is 44.2. The van der Waals surface area contributed by atoms with Crippen LogP contribution in [0, 0.1) is 5.82 Å². The van der Waals surface area contributed by atoms with E-state index in [0.29, 0.717) is 0 Å². The number of benzene rings is 1. The average molecular weight is 483 g/mol. The number of thioether (sulfide) groups is 1. The number of aliphatic imine (C=N–C) groups is 1. The number of amidine groups is 1. The molecule has 0 atom stereocenters. The maximum absolute atomic E-state index is 13.3. The Hall–Kier alpha value is -2.07. The first kappa shape index (κ1) is 21.2. The number of halogens is 2. The van der Waals surface area contributed by atoms with Crippen molar-refractivity contribution in [3.05, 3.63) is 34.2 Å². The third kappa shape index (κ3) is 5.96. The number of amides is 1. The number of rotatable bonds is 7. The van der Waals surface area contributed by atoms with E-state index in [1.54, 1.807) is 4.72 Å². The molecule has 0 saturated carbocycles. The van der Waals surface area contributed by atoms with Gasteiger partial charge in [0.15, 0.2) is 16.6 Å². The van der Waals surface area contributed by atoms with Gasteiger partial charge in [-0.25, -0.2) is 23.5 Å². The molecule has 15 heteroatoms. The maximum Gasteiger partial charge on any atom is 0.301 e. The van der Waals surface area contributed by atoms with Gasteiger partial charge in [0, 0.05) is 7.05 Å². The normalized spacial score (nSPS) is 12.1. The predicted octanol–water partition coefficient (Wildman–Crippen LogP) is 0.701. The second kappa shape index (κ2) is 9.23. The quantitative estimate of drug-likeness (QED) is 0.193. The van der Waals surface area contributed by atoms with Gasteiger partial charge in [0.1, 0.15) is 5.82 Å². The summed E-state index contributed by atoms with van der Waals surface area (Å²) in [5.41, 5.74) is 2.06. The van der Waals surface area contributed by atoms with Gasteiger partial charge in [0.05, 0.1) is 15.9 Å². The summed E-state index contributed by atoms with van der Waals surface area (Å²) in [5, 5.41) is 16.5. The van der Waals surface area contributed by atoms with E-state index in [-0.39, 0.29) is 32.5 Å². The molecule has 4 N–H and O–H groups in total. The van der Waals surface area contributed by atoms with Gasteiger partial charge in [-0.2, -0.15) is 8.42 Å². The highest BCUT2D eigenvalue weighted by Crippen LogP contribution is 2.24. The molecule has 0 saturated heterocycles. The number of aromatic nitrogens is 2. The SMILES string of the molecule is CNS(=O)(=O)NC(=O)CSc1nonc1C(=Nc1ccc(F)c(Br)c1)NO. The Balaban J connectivity index is 2.17. The Morgan fingerprint density at radius 1 is 1.44 bits per heavy atom. The van der Waals surface area contributed by atoms with E-state index in [1.165, 1.54) is 18.2 Å². The molecule has 0 unspecified atom stereocenters. The second-order valence-corrected chi connectivity index (χ2v) is 8.05. The maximum atomic E-state index is 13.3. The van der Waals surface area contributed by atoms with Crippen molar-refractivity contribution in [3.63, 3.8) is 0 Å². The number of hydrogen-bond donors (Lipinski definition) is 4.